The highest BCUT2D eigenvalue weighted by atomic mass is 32.2. The lowest BCUT2D eigenvalue weighted by Crippen LogP contribution is -2.37. The van der Waals surface area contributed by atoms with Gasteiger partial charge < -0.3 is 8.67 Å². The van der Waals surface area contributed by atoms with Gasteiger partial charge in [0.1, 0.15) is 13.2 Å². The first-order valence-electron chi connectivity index (χ1n) is 5.11. The molecule has 0 spiro atoms. The predicted molar refractivity (Wildman–Crippen MR) is 60.8 cm³/mol. The van der Waals surface area contributed by atoms with Crippen LogP contribution in [0.5, 0.6) is 0 Å². The molecule has 0 aliphatic carbocycles. The Bertz CT molecular complexity index is 112. The minimum absolute atomic E-state index is 0.861. The standard InChI is InChI=1S/C10H24NOS/c1-5-6-7-10-13-12-9-8-11(2,3)4/h5-10H2,1-4H3/q+1. The second-order valence-corrected chi connectivity index (χ2v) is 5.24. The van der Waals surface area contributed by atoms with Crippen LogP contribution in [0.1, 0.15) is 26.2 Å². The molecule has 0 radical (unpaired) electrons. The quantitative estimate of drug-likeness (QED) is 0.343. The fourth-order valence-corrected chi connectivity index (χ4v) is 1.47. The molecule has 0 rings (SSSR count). The average Bonchev–Trinajstić information content (AvgIpc) is 2.01. The third-order valence-electron chi connectivity index (χ3n) is 1.76. The smallest absolute Gasteiger partial charge is 0.110 e. The van der Waals surface area contributed by atoms with Gasteiger partial charge in [0.2, 0.25) is 0 Å². The van der Waals surface area contributed by atoms with Crippen LogP contribution in [0, 0.1) is 0 Å². The van der Waals surface area contributed by atoms with Crippen LogP contribution in [-0.2, 0) is 4.18 Å². The molecule has 0 fully saturated rings. The summed E-state index contributed by atoms with van der Waals surface area (Å²) in [7, 11) is 6.56. The summed E-state index contributed by atoms with van der Waals surface area (Å²) in [6.07, 6.45) is 3.90. The van der Waals surface area contributed by atoms with Crippen LogP contribution < -0.4 is 0 Å². The Labute approximate surface area is 87.4 Å². The van der Waals surface area contributed by atoms with Gasteiger partial charge in [-0.1, -0.05) is 19.8 Å². The molecule has 13 heavy (non-hydrogen) atoms. The van der Waals surface area contributed by atoms with Gasteiger partial charge in [0.05, 0.1) is 21.1 Å². The van der Waals surface area contributed by atoms with Gasteiger partial charge in [0, 0.05) is 5.75 Å². The molecule has 0 bridgehead atoms. The Morgan fingerprint density at radius 1 is 1.15 bits per heavy atom. The van der Waals surface area contributed by atoms with E-state index in [9.17, 15) is 0 Å². The molecular weight excluding hydrogens is 182 g/mol. The van der Waals surface area contributed by atoms with Gasteiger partial charge in [-0.05, 0) is 18.5 Å². The molecule has 0 unspecified atom stereocenters. The van der Waals surface area contributed by atoms with Crippen molar-refractivity contribution in [2.75, 3.05) is 40.0 Å². The molecule has 3 heteroatoms. The average molecular weight is 206 g/mol. The summed E-state index contributed by atoms with van der Waals surface area (Å²) < 4.78 is 6.44. The van der Waals surface area contributed by atoms with Crippen LogP contribution in [0.15, 0.2) is 0 Å². The van der Waals surface area contributed by atoms with E-state index in [-0.39, 0.29) is 0 Å². The van der Waals surface area contributed by atoms with Gasteiger partial charge >= 0.3 is 0 Å². The molecule has 0 aromatic rings. The summed E-state index contributed by atoms with van der Waals surface area (Å²) in [4.78, 5) is 0. The Balaban J connectivity index is 3.00. The van der Waals surface area contributed by atoms with E-state index >= 15 is 0 Å². The Hall–Kier alpha value is 0.270. The van der Waals surface area contributed by atoms with Crippen molar-refractivity contribution in [2.24, 2.45) is 0 Å². The minimum Gasteiger partial charge on any atom is -0.329 e. The van der Waals surface area contributed by atoms with Gasteiger partial charge in [0.25, 0.3) is 0 Å². The van der Waals surface area contributed by atoms with Crippen LogP contribution in [0.25, 0.3) is 0 Å². The number of hydrogen-bond donors (Lipinski definition) is 0. The zero-order valence-corrected chi connectivity index (χ0v) is 10.3. The Kier molecular flexibility index (Phi) is 7.81. The number of likely N-dealkylation sites (N-methyl/N-ethyl adjacent to an activating group) is 1. The first-order chi connectivity index (χ1) is 6.06. The van der Waals surface area contributed by atoms with Crippen molar-refractivity contribution >= 4 is 12.0 Å². The molecule has 80 valence electrons. The highest BCUT2D eigenvalue weighted by molar-refractivity contribution is 7.94. The lowest BCUT2D eigenvalue weighted by atomic mass is 10.3. The third-order valence-corrected chi connectivity index (χ3v) is 2.55. The molecule has 0 saturated heterocycles. The summed E-state index contributed by atoms with van der Waals surface area (Å²) >= 11 is 1.62. The van der Waals surface area contributed by atoms with E-state index in [2.05, 4.69) is 28.1 Å². The third kappa shape index (κ3) is 12.3. The number of quaternary nitrogens is 1. The number of rotatable bonds is 8. The topological polar surface area (TPSA) is 9.23 Å². The molecule has 0 N–H and O–H groups in total. The molecule has 0 aromatic heterocycles. The predicted octanol–water partition coefficient (Wildman–Crippen LogP) is 2.55. The maximum atomic E-state index is 5.46. The second-order valence-electron chi connectivity index (χ2n) is 4.36. The van der Waals surface area contributed by atoms with Gasteiger partial charge in [-0.2, -0.15) is 0 Å². The monoisotopic (exact) mass is 206 g/mol. The fourth-order valence-electron chi connectivity index (χ4n) is 0.840. The van der Waals surface area contributed by atoms with Crippen LogP contribution in [0.3, 0.4) is 0 Å². The van der Waals surface area contributed by atoms with Gasteiger partial charge in [0.15, 0.2) is 0 Å². The van der Waals surface area contributed by atoms with Crippen LogP contribution in [0.2, 0.25) is 0 Å². The maximum Gasteiger partial charge on any atom is 0.110 e. The van der Waals surface area contributed by atoms with E-state index < -0.39 is 0 Å². The van der Waals surface area contributed by atoms with Gasteiger partial charge in [-0.3, -0.25) is 0 Å². The van der Waals surface area contributed by atoms with E-state index in [1.807, 2.05) is 0 Å². The molecule has 0 amide bonds. The van der Waals surface area contributed by atoms with Crippen molar-refractivity contribution in [3.63, 3.8) is 0 Å². The normalized spacial score (nSPS) is 12.0. The highest BCUT2D eigenvalue weighted by Gasteiger charge is 2.05. The lowest BCUT2D eigenvalue weighted by Gasteiger charge is -2.23. The first kappa shape index (κ1) is 13.3. The zero-order chi connectivity index (χ0) is 10.2. The fraction of sp³-hybridized carbons (Fsp3) is 1.00. The summed E-state index contributed by atoms with van der Waals surface area (Å²) in [5, 5.41) is 0. The first-order valence-corrected chi connectivity index (χ1v) is 6.02. The molecule has 0 saturated carbocycles. The minimum atomic E-state index is 0.861. The van der Waals surface area contributed by atoms with Crippen LogP contribution >= 0.6 is 12.0 Å². The molecule has 0 atom stereocenters. The van der Waals surface area contributed by atoms with Crippen molar-refractivity contribution < 1.29 is 8.67 Å². The van der Waals surface area contributed by atoms with E-state index in [1.165, 1.54) is 19.3 Å². The number of unbranched alkanes of at least 4 members (excludes halogenated alkanes) is 2. The summed E-state index contributed by atoms with van der Waals surface area (Å²) in [5.74, 6) is 1.14. The number of hydrogen-bond acceptors (Lipinski definition) is 2. The van der Waals surface area contributed by atoms with Gasteiger partial charge in [-0.25, -0.2) is 0 Å². The van der Waals surface area contributed by atoms with Gasteiger partial charge in [-0.15, -0.1) is 0 Å². The largest absolute Gasteiger partial charge is 0.329 e. The Morgan fingerprint density at radius 2 is 1.85 bits per heavy atom. The molecular formula is C10H24NOS+. The highest BCUT2D eigenvalue weighted by Crippen LogP contribution is 2.07. The summed E-state index contributed by atoms with van der Waals surface area (Å²) in [6, 6.07) is 0. The van der Waals surface area contributed by atoms with Crippen molar-refractivity contribution in [3.05, 3.63) is 0 Å². The van der Waals surface area contributed by atoms with Crippen LogP contribution in [0.4, 0.5) is 0 Å². The lowest BCUT2D eigenvalue weighted by molar-refractivity contribution is -0.870. The molecule has 2 nitrogen and oxygen atoms in total. The summed E-state index contributed by atoms with van der Waals surface area (Å²) in [6.45, 7) is 4.17. The van der Waals surface area contributed by atoms with E-state index in [4.69, 9.17) is 4.18 Å². The molecule has 0 aromatic carbocycles. The molecule has 0 heterocycles. The Morgan fingerprint density at radius 3 is 2.38 bits per heavy atom. The maximum absolute atomic E-state index is 5.46. The summed E-state index contributed by atoms with van der Waals surface area (Å²) in [5.41, 5.74) is 0. The molecule has 0 aliphatic heterocycles. The molecule has 0 aliphatic rings. The van der Waals surface area contributed by atoms with Crippen molar-refractivity contribution in [2.45, 2.75) is 26.2 Å². The van der Waals surface area contributed by atoms with Crippen molar-refractivity contribution in [1.82, 2.24) is 0 Å². The SMILES string of the molecule is CCCCCSOCC[N+](C)(C)C. The van der Waals surface area contributed by atoms with Crippen molar-refractivity contribution in [1.29, 1.82) is 0 Å². The zero-order valence-electron chi connectivity index (χ0n) is 9.51. The van der Waals surface area contributed by atoms with Crippen LogP contribution in [-0.4, -0.2) is 44.5 Å². The van der Waals surface area contributed by atoms with E-state index in [0.29, 0.717) is 0 Å². The van der Waals surface area contributed by atoms with E-state index in [0.717, 1.165) is 23.4 Å². The second kappa shape index (κ2) is 7.65. The van der Waals surface area contributed by atoms with E-state index in [1.54, 1.807) is 12.0 Å². The van der Waals surface area contributed by atoms with Crippen molar-refractivity contribution in [3.8, 4) is 0 Å². The number of nitrogens with zero attached hydrogens (tertiary/aromatic N) is 1.